The zero-order valence-electron chi connectivity index (χ0n) is 14.6. The molecule has 0 unspecified atom stereocenters. The predicted octanol–water partition coefficient (Wildman–Crippen LogP) is 2.61. The van der Waals surface area contributed by atoms with Crippen LogP contribution in [0.3, 0.4) is 0 Å². The molecule has 0 aromatic heterocycles. The second-order valence-corrected chi connectivity index (χ2v) is 8.15. The van der Waals surface area contributed by atoms with Gasteiger partial charge < -0.3 is 10.1 Å². The van der Waals surface area contributed by atoms with Crippen LogP contribution in [0, 0.1) is 10.1 Å². The van der Waals surface area contributed by atoms with E-state index in [2.05, 4.69) is 5.32 Å². The number of nitro groups is 1. The second-order valence-electron chi connectivity index (χ2n) is 6.25. The number of sulfonamides is 1. The Bertz CT molecular complexity index is 700. The number of nitro benzene ring substituents is 1. The normalized spacial score (nSPS) is 15.6. The standard InChI is InChI=1S/C16H25N3O5S/c1-13(2)24-11-5-8-17-15-7-6-14(19(20)21)12-16(15)25(22,23)18-9-3-4-10-18/h6-7,12-13,17H,3-5,8-11H2,1-2H3. The summed E-state index contributed by atoms with van der Waals surface area (Å²) in [7, 11) is -3.75. The van der Waals surface area contributed by atoms with Crippen LogP contribution in [0.2, 0.25) is 0 Å². The minimum atomic E-state index is -3.75. The quantitative estimate of drug-likeness (QED) is 0.407. The monoisotopic (exact) mass is 371 g/mol. The van der Waals surface area contributed by atoms with Crippen molar-refractivity contribution in [1.29, 1.82) is 0 Å². The summed E-state index contributed by atoms with van der Waals surface area (Å²) in [6.45, 7) is 5.88. The topological polar surface area (TPSA) is 102 Å². The Labute approximate surface area is 148 Å². The number of hydrogen-bond donors (Lipinski definition) is 1. The zero-order valence-corrected chi connectivity index (χ0v) is 15.4. The van der Waals surface area contributed by atoms with Crippen molar-refractivity contribution >= 4 is 21.4 Å². The summed E-state index contributed by atoms with van der Waals surface area (Å²) in [6.07, 6.45) is 2.47. The molecule has 1 fully saturated rings. The number of hydrogen-bond acceptors (Lipinski definition) is 6. The molecule has 1 aliphatic heterocycles. The number of rotatable bonds is 9. The van der Waals surface area contributed by atoms with Crippen LogP contribution in [-0.4, -0.2) is 50.0 Å². The number of nitrogens with zero attached hydrogens (tertiary/aromatic N) is 2. The molecule has 0 bridgehead atoms. The molecule has 0 atom stereocenters. The van der Waals surface area contributed by atoms with Gasteiger partial charge in [0.2, 0.25) is 10.0 Å². The average Bonchev–Trinajstić information content (AvgIpc) is 3.09. The SMILES string of the molecule is CC(C)OCCCNc1ccc([N+](=O)[O-])cc1S(=O)(=O)N1CCCC1. The van der Waals surface area contributed by atoms with Crippen LogP contribution in [0.15, 0.2) is 23.1 Å². The number of ether oxygens (including phenoxy) is 1. The lowest BCUT2D eigenvalue weighted by Gasteiger charge is -2.19. The zero-order chi connectivity index (χ0) is 18.4. The van der Waals surface area contributed by atoms with Gasteiger partial charge in [0.15, 0.2) is 0 Å². The van der Waals surface area contributed by atoms with Crippen LogP contribution in [0.1, 0.15) is 33.1 Å². The average molecular weight is 371 g/mol. The molecule has 8 nitrogen and oxygen atoms in total. The van der Waals surface area contributed by atoms with Crippen molar-refractivity contribution in [3.63, 3.8) is 0 Å². The molecule has 2 rings (SSSR count). The highest BCUT2D eigenvalue weighted by molar-refractivity contribution is 7.89. The van der Waals surface area contributed by atoms with Crippen LogP contribution in [-0.2, 0) is 14.8 Å². The fraction of sp³-hybridized carbons (Fsp3) is 0.625. The van der Waals surface area contributed by atoms with Crippen molar-refractivity contribution in [3.05, 3.63) is 28.3 Å². The lowest BCUT2D eigenvalue weighted by molar-refractivity contribution is -0.385. The molecule has 1 saturated heterocycles. The maximum Gasteiger partial charge on any atom is 0.270 e. The predicted molar refractivity (Wildman–Crippen MR) is 95.3 cm³/mol. The molecule has 1 N–H and O–H groups in total. The first kappa shape index (κ1) is 19.6. The van der Waals surface area contributed by atoms with E-state index in [-0.39, 0.29) is 16.7 Å². The summed E-state index contributed by atoms with van der Waals surface area (Å²) in [4.78, 5) is 10.4. The van der Waals surface area contributed by atoms with Gasteiger partial charge in [-0.2, -0.15) is 4.31 Å². The smallest absolute Gasteiger partial charge is 0.270 e. The van der Waals surface area contributed by atoms with Crippen molar-refractivity contribution in [2.45, 2.75) is 44.1 Å². The molecule has 0 spiro atoms. The Morgan fingerprint density at radius 2 is 2.00 bits per heavy atom. The Morgan fingerprint density at radius 3 is 2.60 bits per heavy atom. The molecule has 0 saturated carbocycles. The Hall–Kier alpha value is -1.71. The first-order valence-corrected chi connectivity index (χ1v) is 9.90. The summed E-state index contributed by atoms with van der Waals surface area (Å²) < 4.78 is 32.5. The third-order valence-electron chi connectivity index (χ3n) is 3.95. The summed E-state index contributed by atoms with van der Waals surface area (Å²) in [5.41, 5.74) is 0.161. The lowest BCUT2D eigenvalue weighted by Crippen LogP contribution is -2.28. The number of non-ortho nitro benzene ring substituents is 1. The van der Waals surface area contributed by atoms with Crippen molar-refractivity contribution in [2.24, 2.45) is 0 Å². The molecule has 140 valence electrons. The molecule has 9 heteroatoms. The maximum absolute atomic E-state index is 12.8. The minimum absolute atomic E-state index is 0.0339. The van der Waals surface area contributed by atoms with Crippen LogP contribution in [0.25, 0.3) is 0 Å². The van der Waals surface area contributed by atoms with Crippen molar-refractivity contribution in [3.8, 4) is 0 Å². The van der Waals surface area contributed by atoms with Crippen molar-refractivity contribution in [2.75, 3.05) is 31.6 Å². The van der Waals surface area contributed by atoms with Gasteiger partial charge in [-0.15, -0.1) is 0 Å². The van der Waals surface area contributed by atoms with Crippen LogP contribution in [0.5, 0.6) is 0 Å². The van der Waals surface area contributed by atoms with E-state index >= 15 is 0 Å². The summed E-state index contributed by atoms with van der Waals surface area (Å²) >= 11 is 0. The van der Waals surface area contributed by atoms with Crippen molar-refractivity contribution in [1.82, 2.24) is 4.31 Å². The van der Waals surface area contributed by atoms with Gasteiger partial charge in [0.05, 0.1) is 16.7 Å². The largest absolute Gasteiger partial charge is 0.384 e. The van der Waals surface area contributed by atoms with E-state index in [1.807, 2.05) is 13.8 Å². The molecule has 25 heavy (non-hydrogen) atoms. The van der Waals surface area contributed by atoms with E-state index in [4.69, 9.17) is 4.74 Å². The molecule has 1 aromatic rings. The Balaban J connectivity index is 2.19. The van der Waals surface area contributed by atoms with Gasteiger partial charge in [-0.05, 0) is 39.2 Å². The number of nitrogens with one attached hydrogen (secondary N) is 1. The second kappa shape index (κ2) is 8.59. The van der Waals surface area contributed by atoms with Crippen LogP contribution < -0.4 is 5.32 Å². The first-order chi connectivity index (χ1) is 11.8. The molecule has 1 heterocycles. The maximum atomic E-state index is 12.8. The fourth-order valence-electron chi connectivity index (χ4n) is 2.67. The van der Waals surface area contributed by atoms with Gasteiger partial charge in [-0.25, -0.2) is 8.42 Å². The van der Waals surface area contributed by atoms with Crippen LogP contribution >= 0.6 is 0 Å². The third kappa shape index (κ3) is 5.13. The summed E-state index contributed by atoms with van der Waals surface area (Å²) in [5.74, 6) is 0. The van der Waals surface area contributed by atoms with Gasteiger partial charge >= 0.3 is 0 Å². The van der Waals surface area contributed by atoms with Gasteiger partial charge in [-0.1, -0.05) is 0 Å². The molecular formula is C16H25N3O5S. The highest BCUT2D eigenvalue weighted by atomic mass is 32.2. The van der Waals surface area contributed by atoms with Gasteiger partial charge in [-0.3, -0.25) is 10.1 Å². The van der Waals surface area contributed by atoms with E-state index in [1.165, 1.54) is 16.4 Å². The summed E-state index contributed by atoms with van der Waals surface area (Å²) in [6, 6.07) is 3.92. The van der Waals surface area contributed by atoms with Gasteiger partial charge in [0.25, 0.3) is 5.69 Å². The molecule has 0 amide bonds. The third-order valence-corrected chi connectivity index (χ3v) is 5.89. The fourth-order valence-corrected chi connectivity index (χ4v) is 4.37. The van der Waals surface area contributed by atoms with Gasteiger partial charge in [0, 0.05) is 38.4 Å². The van der Waals surface area contributed by atoms with Crippen molar-refractivity contribution < 1.29 is 18.1 Å². The van der Waals surface area contributed by atoms with E-state index in [0.717, 1.165) is 18.9 Å². The highest BCUT2D eigenvalue weighted by Crippen LogP contribution is 2.30. The lowest BCUT2D eigenvalue weighted by atomic mass is 10.2. The summed E-state index contributed by atoms with van der Waals surface area (Å²) in [5, 5.41) is 14.1. The molecule has 0 radical (unpaired) electrons. The minimum Gasteiger partial charge on any atom is -0.384 e. The van der Waals surface area contributed by atoms with Gasteiger partial charge in [0.1, 0.15) is 4.90 Å². The van der Waals surface area contributed by atoms with E-state index in [1.54, 1.807) is 0 Å². The Kier molecular flexibility index (Phi) is 6.74. The molecule has 1 aliphatic rings. The molecule has 0 aliphatic carbocycles. The molecular weight excluding hydrogens is 346 g/mol. The highest BCUT2D eigenvalue weighted by Gasteiger charge is 2.30. The van der Waals surface area contributed by atoms with E-state index in [9.17, 15) is 18.5 Å². The van der Waals surface area contributed by atoms with E-state index in [0.29, 0.717) is 38.3 Å². The Morgan fingerprint density at radius 1 is 1.32 bits per heavy atom. The molecule has 1 aromatic carbocycles. The first-order valence-electron chi connectivity index (χ1n) is 8.46. The number of benzene rings is 1. The van der Waals surface area contributed by atoms with E-state index < -0.39 is 14.9 Å². The van der Waals surface area contributed by atoms with Crippen LogP contribution in [0.4, 0.5) is 11.4 Å². The number of anilines is 1.